The van der Waals surface area contributed by atoms with Gasteiger partial charge in [-0.3, -0.25) is 0 Å². The van der Waals surface area contributed by atoms with Gasteiger partial charge in [-0.2, -0.15) is 4.98 Å². The number of hydrogen-bond donors (Lipinski definition) is 1. The molecule has 122 valence electrons. The Morgan fingerprint density at radius 2 is 2.08 bits per heavy atom. The number of anilines is 1. The second kappa shape index (κ2) is 6.84. The van der Waals surface area contributed by atoms with Gasteiger partial charge in [0.2, 0.25) is 5.88 Å². The molecule has 0 aliphatic heterocycles. The number of hydrogen-bond acceptors (Lipinski definition) is 5. The summed E-state index contributed by atoms with van der Waals surface area (Å²) in [5.74, 6) is 1.33. The van der Waals surface area contributed by atoms with Gasteiger partial charge in [-0.25, -0.2) is 9.97 Å². The number of aromatic nitrogens is 3. The van der Waals surface area contributed by atoms with Crippen molar-refractivity contribution in [2.24, 2.45) is 0 Å². The van der Waals surface area contributed by atoms with E-state index < -0.39 is 0 Å². The van der Waals surface area contributed by atoms with E-state index >= 15 is 0 Å². The summed E-state index contributed by atoms with van der Waals surface area (Å²) in [7, 11) is 1.59. The van der Waals surface area contributed by atoms with Gasteiger partial charge in [0.1, 0.15) is 12.1 Å². The molecule has 0 atom stereocenters. The molecule has 0 bridgehead atoms. The first kappa shape index (κ1) is 16.2. The van der Waals surface area contributed by atoms with Gasteiger partial charge in [0.05, 0.1) is 12.5 Å². The number of rotatable bonds is 4. The molecule has 0 saturated carbocycles. The molecule has 0 radical (unpaired) electrons. The predicted molar refractivity (Wildman–Crippen MR) is 97.6 cm³/mol. The monoisotopic (exact) mass is 340 g/mol. The molecule has 6 heteroatoms. The molecule has 3 aromatic rings. The lowest BCUT2D eigenvalue weighted by atomic mass is 10.1. The van der Waals surface area contributed by atoms with Gasteiger partial charge in [-0.1, -0.05) is 24.3 Å². The normalized spacial score (nSPS) is 11.9. The van der Waals surface area contributed by atoms with Gasteiger partial charge in [-0.05, 0) is 35.2 Å². The number of benzene rings is 1. The fourth-order valence-corrected chi connectivity index (χ4v) is 2.77. The van der Waals surface area contributed by atoms with Crippen LogP contribution in [0.15, 0.2) is 42.7 Å². The minimum atomic E-state index is 0. The zero-order chi connectivity index (χ0) is 15.6. The van der Waals surface area contributed by atoms with E-state index in [1.54, 1.807) is 7.11 Å². The van der Waals surface area contributed by atoms with Crippen LogP contribution in [0.5, 0.6) is 5.88 Å². The van der Waals surface area contributed by atoms with Crippen molar-refractivity contribution in [3.63, 3.8) is 0 Å². The van der Waals surface area contributed by atoms with E-state index in [-0.39, 0.29) is 12.4 Å². The smallest absolute Gasteiger partial charge is 0.215 e. The molecule has 0 fully saturated rings. The van der Waals surface area contributed by atoms with Crippen LogP contribution in [0.25, 0.3) is 17.1 Å². The Morgan fingerprint density at radius 1 is 1.17 bits per heavy atom. The van der Waals surface area contributed by atoms with E-state index in [0.717, 1.165) is 17.6 Å². The molecule has 0 unspecified atom stereocenters. The zero-order valence-corrected chi connectivity index (χ0v) is 14.0. The lowest BCUT2D eigenvalue weighted by Crippen LogP contribution is -2.03. The van der Waals surface area contributed by atoms with E-state index in [1.165, 1.54) is 23.0 Å². The van der Waals surface area contributed by atoms with Crippen LogP contribution >= 0.6 is 12.4 Å². The SMILES string of the molecule is COc1ccc2c(NCc3ccc4c(c3)C=CC4)ncnc2n1.Cl. The van der Waals surface area contributed by atoms with E-state index in [0.29, 0.717) is 18.1 Å². The number of methoxy groups -OCH3 is 1. The van der Waals surface area contributed by atoms with Crippen molar-refractivity contribution >= 4 is 35.3 Å². The summed E-state index contributed by atoms with van der Waals surface area (Å²) in [5.41, 5.74) is 4.54. The average Bonchev–Trinajstić information content (AvgIpc) is 3.07. The third-order valence-corrected chi connectivity index (χ3v) is 3.99. The maximum atomic E-state index is 5.14. The van der Waals surface area contributed by atoms with Crippen LogP contribution < -0.4 is 10.1 Å². The first-order chi connectivity index (χ1) is 11.3. The van der Waals surface area contributed by atoms with Gasteiger partial charge in [-0.15, -0.1) is 12.4 Å². The minimum absolute atomic E-state index is 0. The van der Waals surface area contributed by atoms with Gasteiger partial charge in [0.15, 0.2) is 5.65 Å². The Bertz CT molecular complexity index is 911. The van der Waals surface area contributed by atoms with Crippen molar-refractivity contribution in [3.8, 4) is 5.88 Å². The third-order valence-electron chi connectivity index (χ3n) is 3.99. The Kier molecular flexibility index (Phi) is 4.62. The highest BCUT2D eigenvalue weighted by Gasteiger charge is 2.08. The van der Waals surface area contributed by atoms with Crippen LogP contribution in [0.2, 0.25) is 0 Å². The largest absolute Gasteiger partial charge is 0.481 e. The average molecular weight is 341 g/mol. The van der Waals surface area contributed by atoms with Crippen LogP contribution in [0.4, 0.5) is 5.82 Å². The number of allylic oxidation sites excluding steroid dienone is 1. The van der Waals surface area contributed by atoms with E-state index in [9.17, 15) is 0 Å². The highest BCUT2D eigenvalue weighted by molar-refractivity contribution is 5.86. The maximum absolute atomic E-state index is 5.14. The summed E-state index contributed by atoms with van der Waals surface area (Å²) < 4.78 is 5.14. The number of pyridine rings is 1. The fraction of sp³-hybridized carbons (Fsp3) is 0.167. The highest BCUT2D eigenvalue weighted by Crippen LogP contribution is 2.23. The molecule has 0 spiro atoms. The Balaban J connectivity index is 0.00000169. The summed E-state index contributed by atoms with van der Waals surface area (Å²) in [5, 5.41) is 4.26. The van der Waals surface area contributed by atoms with Crippen molar-refractivity contribution in [2.45, 2.75) is 13.0 Å². The quantitative estimate of drug-likeness (QED) is 0.785. The highest BCUT2D eigenvalue weighted by atomic mass is 35.5. The molecule has 24 heavy (non-hydrogen) atoms. The molecule has 2 heterocycles. The van der Waals surface area contributed by atoms with E-state index in [1.807, 2.05) is 12.1 Å². The van der Waals surface area contributed by atoms with Gasteiger partial charge >= 0.3 is 0 Å². The summed E-state index contributed by atoms with van der Waals surface area (Å²) >= 11 is 0. The van der Waals surface area contributed by atoms with Gasteiger partial charge in [0, 0.05) is 12.6 Å². The standard InChI is InChI=1S/C18H16N4O.ClH/c1-23-16-8-7-15-17(20-11-21-18(15)22-16)19-10-12-5-6-13-3-2-4-14(13)9-12;/h2,4-9,11H,3,10H2,1H3,(H,19,20,21,22);1H. The number of nitrogens with zero attached hydrogens (tertiary/aromatic N) is 3. The number of halogens is 1. The second-order valence-corrected chi connectivity index (χ2v) is 5.44. The first-order valence-corrected chi connectivity index (χ1v) is 7.51. The number of nitrogens with one attached hydrogen (secondary N) is 1. The predicted octanol–water partition coefficient (Wildman–Crippen LogP) is 3.64. The molecular formula is C18H17ClN4O. The second-order valence-electron chi connectivity index (χ2n) is 5.44. The fourth-order valence-electron chi connectivity index (χ4n) is 2.77. The molecule has 1 N–H and O–H groups in total. The van der Waals surface area contributed by atoms with Crippen molar-refractivity contribution in [3.05, 3.63) is 59.4 Å². The van der Waals surface area contributed by atoms with E-state index in [2.05, 4.69) is 50.6 Å². The van der Waals surface area contributed by atoms with Crippen LogP contribution in [0.1, 0.15) is 16.7 Å². The van der Waals surface area contributed by atoms with Crippen molar-refractivity contribution < 1.29 is 4.74 Å². The van der Waals surface area contributed by atoms with Crippen LogP contribution in [0, 0.1) is 0 Å². The summed E-state index contributed by atoms with van der Waals surface area (Å²) in [6.45, 7) is 0.708. The van der Waals surface area contributed by atoms with Crippen molar-refractivity contribution in [2.75, 3.05) is 12.4 Å². The lowest BCUT2D eigenvalue weighted by Gasteiger charge is -2.09. The molecule has 4 rings (SSSR count). The van der Waals surface area contributed by atoms with Crippen molar-refractivity contribution in [1.82, 2.24) is 15.0 Å². The summed E-state index contributed by atoms with van der Waals surface area (Å²) in [4.78, 5) is 12.9. The van der Waals surface area contributed by atoms with Crippen LogP contribution in [-0.2, 0) is 13.0 Å². The maximum Gasteiger partial charge on any atom is 0.215 e. The first-order valence-electron chi connectivity index (χ1n) is 7.51. The summed E-state index contributed by atoms with van der Waals surface area (Å²) in [6.07, 6.45) is 6.92. The van der Waals surface area contributed by atoms with Gasteiger partial charge in [0.25, 0.3) is 0 Å². The molecule has 0 amide bonds. The van der Waals surface area contributed by atoms with E-state index in [4.69, 9.17) is 4.74 Å². The molecule has 1 aliphatic rings. The van der Waals surface area contributed by atoms with Crippen LogP contribution in [-0.4, -0.2) is 22.1 Å². The molecule has 1 aromatic carbocycles. The van der Waals surface area contributed by atoms with Gasteiger partial charge < -0.3 is 10.1 Å². The Hall–Kier alpha value is -2.66. The minimum Gasteiger partial charge on any atom is -0.481 e. The molecule has 1 aliphatic carbocycles. The number of ether oxygens (including phenoxy) is 1. The Morgan fingerprint density at radius 3 is 2.96 bits per heavy atom. The summed E-state index contributed by atoms with van der Waals surface area (Å²) in [6, 6.07) is 10.3. The molecule has 0 saturated heterocycles. The third kappa shape index (κ3) is 3.03. The van der Waals surface area contributed by atoms with Crippen LogP contribution in [0.3, 0.4) is 0 Å². The molecular weight excluding hydrogens is 324 g/mol. The topological polar surface area (TPSA) is 59.9 Å². The lowest BCUT2D eigenvalue weighted by molar-refractivity contribution is 0.399. The Labute approximate surface area is 146 Å². The van der Waals surface area contributed by atoms with Crippen molar-refractivity contribution in [1.29, 1.82) is 0 Å². The molecule has 2 aromatic heterocycles. The molecule has 5 nitrogen and oxygen atoms in total. The number of fused-ring (bicyclic) bond motifs is 2. The zero-order valence-electron chi connectivity index (χ0n) is 13.2.